The van der Waals surface area contributed by atoms with Gasteiger partial charge >= 0.3 is 6.43 Å². The molecule has 0 rings (SSSR count). The predicted molar refractivity (Wildman–Crippen MR) is 42.4 cm³/mol. The molecule has 1 unspecified atom stereocenters. The standard InChI is InChI=1S/C6H8BrF2NO2/c1-3(4(11)2-7)10-6(12)5(8)9/h3,5H,2H2,1H3,(H,10,12). The summed E-state index contributed by atoms with van der Waals surface area (Å²) in [6.45, 7) is 1.35. The fraction of sp³-hybridized carbons (Fsp3) is 0.667. The van der Waals surface area contributed by atoms with E-state index in [0.717, 1.165) is 0 Å². The number of halogens is 3. The van der Waals surface area contributed by atoms with Crippen molar-refractivity contribution < 1.29 is 18.4 Å². The Morgan fingerprint density at radius 2 is 2.00 bits per heavy atom. The Bertz CT molecular complexity index is 186. The Hall–Kier alpha value is -0.520. The fourth-order valence-electron chi connectivity index (χ4n) is 0.473. The van der Waals surface area contributed by atoms with E-state index < -0.39 is 18.4 Å². The first-order valence-corrected chi connectivity index (χ1v) is 4.28. The van der Waals surface area contributed by atoms with E-state index in [1.165, 1.54) is 6.92 Å². The maximum Gasteiger partial charge on any atom is 0.315 e. The van der Waals surface area contributed by atoms with E-state index in [4.69, 9.17) is 0 Å². The summed E-state index contributed by atoms with van der Waals surface area (Å²) in [6, 6.07) is -0.870. The second-order valence-corrected chi connectivity index (χ2v) is 2.69. The van der Waals surface area contributed by atoms with Gasteiger partial charge in [-0.1, -0.05) is 15.9 Å². The summed E-state index contributed by atoms with van der Waals surface area (Å²) >= 11 is 2.85. The quantitative estimate of drug-likeness (QED) is 0.740. The molecule has 0 aliphatic heterocycles. The summed E-state index contributed by atoms with van der Waals surface area (Å²) in [7, 11) is 0. The number of hydrogen-bond acceptors (Lipinski definition) is 2. The van der Waals surface area contributed by atoms with Crippen molar-refractivity contribution in [2.24, 2.45) is 0 Å². The average molecular weight is 244 g/mol. The van der Waals surface area contributed by atoms with Crippen LogP contribution in [0.2, 0.25) is 0 Å². The molecule has 1 atom stereocenters. The Balaban J connectivity index is 3.92. The minimum absolute atomic E-state index is 0.0394. The normalized spacial score (nSPS) is 12.8. The maximum atomic E-state index is 11.6. The summed E-state index contributed by atoms with van der Waals surface area (Å²) in [5.74, 6) is -1.76. The maximum absolute atomic E-state index is 11.6. The molecule has 0 bridgehead atoms. The van der Waals surface area contributed by atoms with Crippen LogP contribution in [-0.2, 0) is 9.59 Å². The van der Waals surface area contributed by atoms with Crippen LogP contribution in [0.4, 0.5) is 8.78 Å². The molecule has 0 fully saturated rings. The van der Waals surface area contributed by atoms with Gasteiger partial charge in [0.05, 0.1) is 11.4 Å². The van der Waals surface area contributed by atoms with Crippen LogP contribution in [0, 0.1) is 0 Å². The van der Waals surface area contributed by atoms with Crippen LogP contribution in [0.15, 0.2) is 0 Å². The van der Waals surface area contributed by atoms with Gasteiger partial charge in [0.25, 0.3) is 5.91 Å². The molecule has 0 radical (unpaired) electrons. The highest BCUT2D eigenvalue weighted by Gasteiger charge is 2.20. The zero-order valence-corrected chi connectivity index (χ0v) is 7.90. The molecule has 0 aliphatic carbocycles. The summed E-state index contributed by atoms with van der Waals surface area (Å²) in [6.07, 6.45) is -3.07. The third-order valence-corrected chi connectivity index (χ3v) is 1.72. The zero-order chi connectivity index (χ0) is 9.72. The topological polar surface area (TPSA) is 46.2 Å². The summed E-state index contributed by atoms with van der Waals surface area (Å²) in [5, 5.41) is 1.90. The summed E-state index contributed by atoms with van der Waals surface area (Å²) in [5.41, 5.74) is 0. The highest BCUT2D eigenvalue weighted by Crippen LogP contribution is 1.95. The number of amides is 1. The zero-order valence-electron chi connectivity index (χ0n) is 6.31. The van der Waals surface area contributed by atoms with Crippen molar-refractivity contribution in [3.8, 4) is 0 Å². The second-order valence-electron chi connectivity index (χ2n) is 2.13. The molecule has 0 aromatic rings. The fourth-order valence-corrected chi connectivity index (χ4v) is 0.958. The number of rotatable bonds is 4. The number of Topliss-reactive ketones (excluding diaryl/α,β-unsaturated/α-hetero) is 1. The van der Waals surface area contributed by atoms with Crippen molar-refractivity contribution in [2.75, 3.05) is 5.33 Å². The van der Waals surface area contributed by atoms with Crippen molar-refractivity contribution in [3.05, 3.63) is 0 Å². The van der Waals surface area contributed by atoms with Crippen molar-refractivity contribution in [1.82, 2.24) is 5.32 Å². The van der Waals surface area contributed by atoms with Crippen LogP contribution in [0.25, 0.3) is 0 Å². The first-order valence-electron chi connectivity index (χ1n) is 3.16. The molecule has 1 amide bonds. The molecule has 0 aromatic heterocycles. The summed E-state index contributed by atoms with van der Waals surface area (Å²) in [4.78, 5) is 21.1. The van der Waals surface area contributed by atoms with E-state index in [9.17, 15) is 18.4 Å². The molecule has 1 N–H and O–H groups in total. The van der Waals surface area contributed by atoms with Crippen LogP contribution in [0.1, 0.15) is 6.92 Å². The second kappa shape index (κ2) is 5.18. The third kappa shape index (κ3) is 3.75. The minimum atomic E-state index is -3.07. The molecule has 0 aliphatic rings. The van der Waals surface area contributed by atoms with Gasteiger partial charge in [-0.3, -0.25) is 9.59 Å². The Kier molecular flexibility index (Phi) is 4.96. The lowest BCUT2D eigenvalue weighted by molar-refractivity contribution is -0.134. The summed E-state index contributed by atoms with van der Waals surface area (Å²) < 4.78 is 23.2. The smallest absolute Gasteiger partial charge is 0.315 e. The highest BCUT2D eigenvalue weighted by atomic mass is 79.9. The van der Waals surface area contributed by atoms with Crippen molar-refractivity contribution in [1.29, 1.82) is 0 Å². The molecule has 0 spiro atoms. The lowest BCUT2D eigenvalue weighted by Gasteiger charge is -2.10. The number of alkyl halides is 3. The molecule has 0 aromatic carbocycles. The van der Waals surface area contributed by atoms with Crippen molar-refractivity contribution in [2.45, 2.75) is 19.4 Å². The van der Waals surface area contributed by atoms with E-state index in [1.807, 2.05) is 5.32 Å². The molecular weight excluding hydrogens is 236 g/mol. The lowest BCUT2D eigenvalue weighted by atomic mass is 10.2. The highest BCUT2D eigenvalue weighted by molar-refractivity contribution is 9.09. The van der Waals surface area contributed by atoms with Gasteiger partial charge in [0.15, 0.2) is 5.78 Å². The van der Waals surface area contributed by atoms with Crippen molar-refractivity contribution >= 4 is 27.6 Å². The minimum Gasteiger partial charge on any atom is -0.342 e. The number of ketones is 1. The molecular formula is C6H8BrF2NO2. The molecule has 12 heavy (non-hydrogen) atoms. The molecule has 3 nitrogen and oxygen atoms in total. The lowest BCUT2D eigenvalue weighted by Crippen LogP contribution is -2.41. The Labute approximate surface area is 76.6 Å². The Morgan fingerprint density at radius 3 is 2.33 bits per heavy atom. The number of carbonyl (C=O) groups is 2. The van der Waals surface area contributed by atoms with Crippen LogP contribution in [-0.4, -0.2) is 29.5 Å². The average Bonchev–Trinajstić information content (AvgIpc) is 2.02. The molecule has 0 saturated carbocycles. The van der Waals surface area contributed by atoms with Crippen LogP contribution < -0.4 is 5.32 Å². The van der Waals surface area contributed by atoms with Gasteiger partial charge in [-0.15, -0.1) is 0 Å². The monoisotopic (exact) mass is 243 g/mol. The van der Waals surface area contributed by atoms with Gasteiger partial charge in [0.2, 0.25) is 0 Å². The van der Waals surface area contributed by atoms with Crippen LogP contribution in [0.3, 0.4) is 0 Å². The number of hydrogen-bond donors (Lipinski definition) is 1. The van der Waals surface area contributed by atoms with Crippen molar-refractivity contribution in [3.63, 3.8) is 0 Å². The molecule has 70 valence electrons. The van der Waals surface area contributed by atoms with Gasteiger partial charge < -0.3 is 5.32 Å². The number of nitrogens with one attached hydrogen (secondary N) is 1. The third-order valence-electron chi connectivity index (χ3n) is 1.17. The van der Waals surface area contributed by atoms with E-state index >= 15 is 0 Å². The molecule has 0 heterocycles. The van der Waals surface area contributed by atoms with E-state index in [1.54, 1.807) is 0 Å². The van der Waals surface area contributed by atoms with Crippen LogP contribution in [0.5, 0.6) is 0 Å². The van der Waals surface area contributed by atoms with E-state index in [-0.39, 0.29) is 11.1 Å². The van der Waals surface area contributed by atoms with Crippen LogP contribution >= 0.6 is 15.9 Å². The van der Waals surface area contributed by atoms with E-state index in [2.05, 4.69) is 15.9 Å². The van der Waals surface area contributed by atoms with Gasteiger partial charge in [-0.25, -0.2) is 0 Å². The molecule has 6 heteroatoms. The number of carbonyl (C=O) groups excluding carboxylic acids is 2. The van der Waals surface area contributed by atoms with Gasteiger partial charge in [0, 0.05) is 0 Å². The van der Waals surface area contributed by atoms with E-state index in [0.29, 0.717) is 0 Å². The Morgan fingerprint density at radius 1 is 1.50 bits per heavy atom. The molecule has 0 saturated heterocycles. The first-order chi connectivity index (χ1) is 5.49. The first kappa shape index (κ1) is 11.5. The SMILES string of the molecule is CC(NC(=O)C(F)F)C(=O)CBr. The predicted octanol–water partition coefficient (Wildman–Crippen LogP) is 0.720. The largest absolute Gasteiger partial charge is 0.342 e. The van der Waals surface area contributed by atoms with Gasteiger partial charge in [-0.05, 0) is 6.92 Å². The van der Waals surface area contributed by atoms with Gasteiger partial charge in [0.1, 0.15) is 0 Å². The van der Waals surface area contributed by atoms with Gasteiger partial charge in [-0.2, -0.15) is 8.78 Å².